The minimum atomic E-state index is 0. The molecule has 0 radical (unpaired) electrons. The normalized spacial score (nSPS) is 10.9. The van der Waals surface area contributed by atoms with E-state index in [0.29, 0.717) is 23.5 Å². The van der Waals surface area contributed by atoms with Gasteiger partial charge in [-0.15, -0.1) is 6.08 Å². The number of nitrogens with zero attached hydrogens (tertiary/aromatic N) is 2. The van der Waals surface area contributed by atoms with Crippen molar-refractivity contribution in [2.45, 2.75) is 13.8 Å². The molecule has 1 rings (SSSR count). The summed E-state index contributed by atoms with van der Waals surface area (Å²) in [5, 5.41) is 8.37. The largest absolute Gasteiger partial charge is 1.00 e. The number of rotatable bonds is 5. The summed E-state index contributed by atoms with van der Waals surface area (Å²) in [7, 11) is 0. The number of aryl methyl sites for hydroxylation is 2. The standard InChI is InChI=1S/C14H14N3O.Li/c1-4-12(5-6-17-9-15)18-14-8-10(2)13(16)7-11(14)3;/h1,4-5,7-9H,16H2,2-3H3;/q-3;+1/b12-5+;. The van der Waals surface area contributed by atoms with Crippen LogP contribution in [0.25, 0.3) is 5.41 Å². The molecule has 1 aromatic carbocycles. The fraction of sp³-hybridized carbons (Fsp3) is 0.143. The first-order valence-electron chi connectivity index (χ1n) is 5.29. The SMILES string of the molecule is [CH-]=C/C(=C\[C-]=NC=[N-])Oc1cc(C)c(N)cc1C.[Li+]. The summed E-state index contributed by atoms with van der Waals surface area (Å²) >= 11 is 0. The number of ether oxygens (including phenoxy) is 1. The van der Waals surface area contributed by atoms with Gasteiger partial charge in [0, 0.05) is 11.4 Å². The summed E-state index contributed by atoms with van der Waals surface area (Å²) < 4.78 is 5.58. The van der Waals surface area contributed by atoms with E-state index < -0.39 is 0 Å². The van der Waals surface area contributed by atoms with Gasteiger partial charge in [-0.1, -0.05) is 0 Å². The fourth-order valence-corrected chi connectivity index (χ4v) is 1.29. The second-order valence-corrected chi connectivity index (χ2v) is 3.66. The number of aliphatic imine (C=N–C) groups is 1. The number of benzene rings is 1. The quantitative estimate of drug-likeness (QED) is 0.147. The van der Waals surface area contributed by atoms with Gasteiger partial charge in [0.1, 0.15) is 5.75 Å². The van der Waals surface area contributed by atoms with Crippen LogP contribution in [0.3, 0.4) is 0 Å². The molecule has 0 fully saturated rings. The Kier molecular flexibility index (Phi) is 7.58. The molecule has 1 aromatic rings. The molecule has 0 aliphatic heterocycles. The summed E-state index contributed by atoms with van der Waals surface area (Å²) in [5.74, 6) is 1.03. The van der Waals surface area contributed by atoms with Gasteiger partial charge in [-0.05, 0) is 37.1 Å². The maximum absolute atomic E-state index is 8.37. The minimum absolute atomic E-state index is 0. The maximum Gasteiger partial charge on any atom is 1.00 e. The maximum atomic E-state index is 8.37. The van der Waals surface area contributed by atoms with Crippen LogP contribution in [-0.4, -0.2) is 12.6 Å². The van der Waals surface area contributed by atoms with Gasteiger partial charge in [0.05, 0.1) is 0 Å². The van der Waals surface area contributed by atoms with Crippen molar-refractivity contribution < 1.29 is 23.6 Å². The third kappa shape index (κ3) is 5.17. The van der Waals surface area contributed by atoms with Crippen molar-refractivity contribution in [3.8, 4) is 5.75 Å². The third-order valence-electron chi connectivity index (χ3n) is 2.29. The molecule has 0 aliphatic rings. The molecule has 0 bridgehead atoms. The Labute approximate surface area is 125 Å². The zero-order chi connectivity index (χ0) is 13.5. The number of nitrogen functional groups attached to an aromatic ring is 1. The van der Waals surface area contributed by atoms with Crippen LogP contribution < -0.4 is 29.3 Å². The smallest absolute Gasteiger partial charge is 0.577 e. The summed E-state index contributed by atoms with van der Waals surface area (Å²) in [5.41, 5.74) is 8.33. The molecular formula is C14H14LiN3O-2. The van der Waals surface area contributed by atoms with Crippen molar-refractivity contribution in [1.82, 2.24) is 0 Å². The molecule has 5 heteroatoms. The number of allylic oxidation sites excluding steroid dienone is 2. The van der Waals surface area contributed by atoms with Crippen LogP contribution in [0, 0.1) is 20.4 Å². The van der Waals surface area contributed by atoms with E-state index in [1.165, 1.54) is 12.2 Å². The van der Waals surface area contributed by atoms with Gasteiger partial charge < -0.3 is 20.9 Å². The number of hydrogen-bond donors (Lipinski definition) is 1. The van der Waals surface area contributed by atoms with Crippen molar-refractivity contribution in [3.05, 3.63) is 53.2 Å². The molecular weight excluding hydrogens is 233 g/mol. The second-order valence-electron chi connectivity index (χ2n) is 3.66. The average Bonchev–Trinajstić information content (AvgIpc) is 2.34. The van der Waals surface area contributed by atoms with Crippen LogP contribution in [0.5, 0.6) is 5.75 Å². The van der Waals surface area contributed by atoms with Gasteiger partial charge in [-0.2, -0.15) is 6.08 Å². The Morgan fingerprint density at radius 1 is 1.42 bits per heavy atom. The van der Waals surface area contributed by atoms with E-state index >= 15 is 0 Å². The van der Waals surface area contributed by atoms with E-state index in [9.17, 15) is 0 Å². The van der Waals surface area contributed by atoms with E-state index in [2.05, 4.69) is 11.2 Å². The number of anilines is 1. The van der Waals surface area contributed by atoms with Crippen LogP contribution in [0.1, 0.15) is 11.1 Å². The van der Waals surface area contributed by atoms with Crippen LogP contribution >= 0.6 is 0 Å². The second kappa shape index (κ2) is 8.36. The molecule has 0 heterocycles. The summed E-state index contributed by atoms with van der Waals surface area (Å²) in [6.07, 6.45) is 5.77. The average molecular weight is 247 g/mol. The van der Waals surface area contributed by atoms with E-state index in [-0.39, 0.29) is 18.9 Å². The first-order chi connectivity index (χ1) is 8.58. The van der Waals surface area contributed by atoms with Crippen LogP contribution in [0.15, 0.2) is 35.0 Å². The Bertz CT molecular complexity index is 522. The zero-order valence-electron chi connectivity index (χ0n) is 11.3. The first-order valence-corrected chi connectivity index (χ1v) is 5.29. The van der Waals surface area contributed by atoms with Gasteiger partial charge in [0.25, 0.3) is 0 Å². The molecule has 0 atom stereocenters. The molecule has 94 valence electrons. The van der Waals surface area contributed by atoms with Crippen LogP contribution in [-0.2, 0) is 0 Å². The van der Waals surface area contributed by atoms with E-state index in [1.807, 2.05) is 26.0 Å². The minimum Gasteiger partial charge on any atom is -0.577 e. The molecule has 2 N–H and O–H groups in total. The van der Waals surface area contributed by atoms with Gasteiger partial charge in [-0.3, -0.25) is 6.58 Å². The Balaban J connectivity index is 0.00000324. The van der Waals surface area contributed by atoms with Crippen molar-refractivity contribution in [2.75, 3.05) is 5.73 Å². The summed E-state index contributed by atoms with van der Waals surface area (Å²) in [6, 6.07) is 3.66. The van der Waals surface area contributed by atoms with Gasteiger partial charge in [0.2, 0.25) is 0 Å². The van der Waals surface area contributed by atoms with E-state index in [4.69, 9.17) is 22.5 Å². The number of hydrogen-bond acceptors (Lipinski definition) is 2. The monoisotopic (exact) mass is 247 g/mol. The molecule has 0 saturated heterocycles. The van der Waals surface area contributed by atoms with Gasteiger partial charge >= 0.3 is 18.9 Å². The van der Waals surface area contributed by atoms with Crippen molar-refractivity contribution in [1.29, 1.82) is 0 Å². The molecule has 0 aromatic heterocycles. The topological polar surface area (TPSA) is 69.9 Å². The van der Waals surface area contributed by atoms with Gasteiger partial charge in [-0.25, -0.2) is 12.6 Å². The predicted octanol–water partition coefficient (Wildman–Crippen LogP) is -0.313. The molecule has 0 amide bonds. The summed E-state index contributed by atoms with van der Waals surface area (Å²) in [6.45, 7) is 9.21. The Morgan fingerprint density at radius 2 is 2.11 bits per heavy atom. The van der Waals surface area contributed by atoms with Crippen molar-refractivity contribution in [2.24, 2.45) is 4.99 Å². The third-order valence-corrected chi connectivity index (χ3v) is 2.29. The predicted molar refractivity (Wildman–Crippen MR) is 74.8 cm³/mol. The molecule has 0 saturated carbocycles. The fourth-order valence-electron chi connectivity index (χ4n) is 1.29. The summed E-state index contributed by atoms with van der Waals surface area (Å²) in [4.78, 5) is 3.38. The zero-order valence-corrected chi connectivity index (χ0v) is 11.3. The molecule has 4 nitrogen and oxygen atoms in total. The molecule has 0 spiro atoms. The van der Waals surface area contributed by atoms with Crippen LogP contribution in [0.4, 0.5) is 5.69 Å². The Morgan fingerprint density at radius 3 is 2.68 bits per heavy atom. The van der Waals surface area contributed by atoms with Gasteiger partial charge in [0.15, 0.2) is 0 Å². The molecule has 0 unspecified atom stereocenters. The number of nitrogens with two attached hydrogens (primary N) is 1. The van der Waals surface area contributed by atoms with Crippen LogP contribution in [0.2, 0.25) is 0 Å². The van der Waals surface area contributed by atoms with Crippen molar-refractivity contribution in [3.63, 3.8) is 0 Å². The van der Waals surface area contributed by atoms with E-state index in [1.54, 1.807) is 0 Å². The first kappa shape index (κ1) is 17.2. The van der Waals surface area contributed by atoms with E-state index in [0.717, 1.165) is 11.1 Å². The molecule has 0 aliphatic carbocycles. The molecule has 19 heavy (non-hydrogen) atoms. The van der Waals surface area contributed by atoms with Crippen molar-refractivity contribution >= 4 is 18.2 Å². The Hall–Kier alpha value is -1.76.